The molecule has 144 valence electrons. The van der Waals surface area contributed by atoms with E-state index in [-0.39, 0.29) is 34.4 Å². The first kappa shape index (κ1) is 19.2. The van der Waals surface area contributed by atoms with E-state index in [1.165, 1.54) is 25.3 Å². The molecule has 0 spiro atoms. The number of para-hydroxylation sites is 1. The maximum absolute atomic E-state index is 12.1. The van der Waals surface area contributed by atoms with E-state index in [9.17, 15) is 19.5 Å². The van der Waals surface area contributed by atoms with Gasteiger partial charge in [0, 0.05) is 0 Å². The van der Waals surface area contributed by atoms with Gasteiger partial charge in [0.1, 0.15) is 16.9 Å². The van der Waals surface area contributed by atoms with E-state index in [1.807, 2.05) is 37.3 Å². The molecule has 0 heterocycles. The van der Waals surface area contributed by atoms with Crippen molar-refractivity contribution in [3.63, 3.8) is 0 Å². The van der Waals surface area contributed by atoms with Crippen LogP contribution in [0.4, 0.5) is 17.1 Å². The third kappa shape index (κ3) is 3.46. The monoisotopic (exact) mass is 380 g/mol. The molecule has 1 atom stereocenters. The summed E-state index contributed by atoms with van der Waals surface area (Å²) >= 11 is 0. The van der Waals surface area contributed by atoms with Crippen molar-refractivity contribution in [3.8, 4) is 5.75 Å². The topological polar surface area (TPSA) is 105 Å². The van der Waals surface area contributed by atoms with E-state index in [0.29, 0.717) is 6.42 Å². The van der Waals surface area contributed by atoms with Crippen molar-refractivity contribution in [2.24, 2.45) is 0 Å². The second-order valence-corrected chi connectivity index (χ2v) is 6.24. The van der Waals surface area contributed by atoms with Crippen molar-refractivity contribution in [3.05, 3.63) is 80.1 Å². The van der Waals surface area contributed by atoms with E-state index in [0.717, 1.165) is 5.56 Å². The minimum absolute atomic E-state index is 0.0450. The molecule has 0 aromatic heterocycles. The minimum atomic E-state index is -0.709. The number of ether oxygens (including phenoxy) is 1. The minimum Gasteiger partial charge on any atom is -0.505 e. The van der Waals surface area contributed by atoms with Gasteiger partial charge in [-0.2, -0.15) is 0 Å². The molecule has 3 aromatic rings. The Morgan fingerprint density at radius 1 is 1.04 bits per heavy atom. The number of benzene rings is 2. The molecule has 3 rings (SSSR count). The molecular weight excluding hydrogens is 360 g/mol. The fourth-order valence-corrected chi connectivity index (χ4v) is 2.98. The predicted molar refractivity (Wildman–Crippen MR) is 107 cm³/mol. The average Bonchev–Trinajstić information content (AvgIpc) is 2.74. The Labute approximate surface area is 161 Å². The second-order valence-electron chi connectivity index (χ2n) is 6.24. The van der Waals surface area contributed by atoms with E-state index in [1.54, 1.807) is 0 Å². The number of methoxy groups -OCH3 is 1. The predicted octanol–water partition coefficient (Wildman–Crippen LogP) is 3.08. The molecular formula is C21H20N2O5. The molecule has 3 aromatic carbocycles. The zero-order valence-electron chi connectivity index (χ0n) is 15.5. The van der Waals surface area contributed by atoms with Crippen LogP contribution in [-0.4, -0.2) is 18.2 Å². The number of anilines is 3. The summed E-state index contributed by atoms with van der Waals surface area (Å²) in [5, 5.41) is 16.2. The molecule has 0 saturated heterocycles. The Balaban J connectivity index is 1.90. The van der Waals surface area contributed by atoms with Crippen LogP contribution in [0, 0.1) is 0 Å². The fourth-order valence-electron chi connectivity index (χ4n) is 2.98. The van der Waals surface area contributed by atoms with Gasteiger partial charge in [0.15, 0.2) is 5.75 Å². The van der Waals surface area contributed by atoms with Crippen LogP contribution in [0.25, 0.3) is 0 Å². The van der Waals surface area contributed by atoms with Crippen molar-refractivity contribution in [2.75, 3.05) is 17.7 Å². The van der Waals surface area contributed by atoms with Gasteiger partial charge in [-0.25, -0.2) is 4.79 Å². The largest absolute Gasteiger partial charge is 0.505 e. The molecule has 0 aliphatic carbocycles. The SMILES string of the molecule is CC[C@@H](Nc1c(Nc2cccc(C(=O)OC)c2O)c(=O)c1=O)c1ccccc1. The van der Waals surface area contributed by atoms with Crippen LogP contribution < -0.4 is 21.5 Å². The average molecular weight is 380 g/mol. The standard InChI is InChI=1S/C21H20N2O5/c1-3-14(12-8-5-4-6-9-12)22-16-17(20(26)19(16)25)23-15-11-7-10-13(18(15)24)21(27)28-2/h4-11,14,22-24H,3H2,1-2H3/t14-/m1/s1. The summed E-state index contributed by atoms with van der Waals surface area (Å²) in [5.74, 6) is -1.07. The molecule has 0 amide bonds. The third-order valence-corrected chi connectivity index (χ3v) is 4.54. The van der Waals surface area contributed by atoms with E-state index in [2.05, 4.69) is 15.4 Å². The van der Waals surface area contributed by atoms with Crippen molar-refractivity contribution < 1.29 is 14.6 Å². The highest BCUT2D eigenvalue weighted by molar-refractivity contribution is 5.95. The Hall–Kier alpha value is -3.61. The lowest BCUT2D eigenvalue weighted by Crippen LogP contribution is -2.37. The zero-order valence-corrected chi connectivity index (χ0v) is 15.5. The zero-order chi connectivity index (χ0) is 20.3. The number of phenolic OH excluding ortho intramolecular Hbond substituents is 1. The smallest absolute Gasteiger partial charge is 0.341 e. The number of hydrogen-bond acceptors (Lipinski definition) is 7. The van der Waals surface area contributed by atoms with Crippen LogP contribution in [0.1, 0.15) is 35.3 Å². The Kier molecular flexibility index (Phi) is 5.44. The molecule has 0 fully saturated rings. The van der Waals surface area contributed by atoms with Crippen LogP contribution in [-0.2, 0) is 4.74 Å². The van der Waals surface area contributed by atoms with Gasteiger partial charge in [0.05, 0.1) is 18.8 Å². The lowest BCUT2D eigenvalue weighted by molar-refractivity contribution is 0.0597. The van der Waals surface area contributed by atoms with Gasteiger partial charge < -0.3 is 20.5 Å². The normalized spacial score (nSPS) is 11.8. The molecule has 0 radical (unpaired) electrons. The van der Waals surface area contributed by atoms with E-state index >= 15 is 0 Å². The van der Waals surface area contributed by atoms with Crippen LogP contribution in [0.2, 0.25) is 0 Å². The second kappa shape index (κ2) is 7.96. The highest BCUT2D eigenvalue weighted by atomic mass is 16.5. The maximum Gasteiger partial charge on any atom is 0.341 e. The van der Waals surface area contributed by atoms with Crippen molar-refractivity contribution in [1.82, 2.24) is 0 Å². The number of carbonyl (C=O) groups is 1. The van der Waals surface area contributed by atoms with E-state index < -0.39 is 16.8 Å². The molecule has 0 aliphatic rings. The molecule has 0 saturated carbocycles. The molecule has 7 heteroatoms. The summed E-state index contributed by atoms with van der Waals surface area (Å²) in [6.07, 6.45) is 0.700. The lowest BCUT2D eigenvalue weighted by Gasteiger charge is -2.22. The molecule has 0 bridgehead atoms. The first-order chi connectivity index (χ1) is 13.5. The number of carbonyl (C=O) groups excluding carboxylic acids is 1. The molecule has 0 unspecified atom stereocenters. The number of rotatable bonds is 7. The van der Waals surface area contributed by atoms with Crippen LogP contribution in [0.5, 0.6) is 5.75 Å². The molecule has 28 heavy (non-hydrogen) atoms. The number of nitrogens with one attached hydrogen (secondary N) is 2. The summed E-state index contributed by atoms with van der Waals surface area (Å²) in [5.41, 5.74) is -0.0316. The first-order valence-electron chi connectivity index (χ1n) is 8.80. The number of esters is 1. The van der Waals surface area contributed by atoms with Crippen LogP contribution >= 0.6 is 0 Å². The van der Waals surface area contributed by atoms with Crippen molar-refractivity contribution in [1.29, 1.82) is 0 Å². The molecule has 7 nitrogen and oxygen atoms in total. The Morgan fingerprint density at radius 2 is 1.71 bits per heavy atom. The Bertz CT molecular complexity index is 1070. The van der Waals surface area contributed by atoms with Crippen molar-refractivity contribution >= 4 is 23.0 Å². The van der Waals surface area contributed by atoms with E-state index in [4.69, 9.17) is 0 Å². The van der Waals surface area contributed by atoms with Gasteiger partial charge >= 0.3 is 5.97 Å². The third-order valence-electron chi connectivity index (χ3n) is 4.54. The summed E-state index contributed by atoms with van der Waals surface area (Å²) in [7, 11) is 1.20. The van der Waals surface area contributed by atoms with Gasteiger partial charge in [0.2, 0.25) is 0 Å². The maximum atomic E-state index is 12.1. The molecule has 0 aliphatic heterocycles. The number of phenols is 1. The summed E-state index contributed by atoms with van der Waals surface area (Å²) in [6, 6.07) is 13.8. The number of aromatic hydroxyl groups is 1. The van der Waals surface area contributed by atoms with Crippen molar-refractivity contribution in [2.45, 2.75) is 19.4 Å². The van der Waals surface area contributed by atoms with Gasteiger partial charge in [0.25, 0.3) is 10.9 Å². The highest BCUT2D eigenvalue weighted by Gasteiger charge is 2.25. The molecule has 3 N–H and O–H groups in total. The summed E-state index contributed by atoms with van der Waals surface area (Å²) < 4.78 is 4.62. The first-order valence-corrected chi connectivity index (χ1v) is 8.80. The van der Waals surface area contributed by atoms with Gasteiger partial charge in [-0.15, -0.1) is 0 Å². The summed E-state index contributed by atoms with van der Waals surface area (Å²) in [4.78, 5) is 35.9. The van der Waals surface area contributed by atoms with Crippen LogP contribution in [0.15, 0.2) is 58.1 Å². The quantitative estimate of drug-likeness (QED) is 0.329. The van der Waals surface area contributed by atoms with Gasteiger partial charge in [-0.1, -0.05) is 43.3 Å². The van der Waals surface area contributed by atoms with Crippen LogP contribution in [0.3, 0.4) is 0 Å². The summed E-state index contributed by atoms with van der Waals surface area (Å²) in [6.45, 7) is 1.97. The lowest BCUT2D eigenvalue weighted by atomic mass is 10.0. The Morgan fingerprint density at radius 3 is 2.36 bits per heavy atom. The highest BCUT2D eigenvalue weighted by Crippen LogP contribution is 2.33. The van der Waals surface area contributed by atoms with Gasteiger partial charge in [-0.05, 0) is 24.1 Å². The fraction of sp³-hybridized carbons (Fsp3) is 0.190. The number of hydrogen-bond donors (Lipinski definition) is 3. The van der Waals surface area contributed by atoms with Gasteiger partial charge in [-0.3, -0.25) is 9.59 Å².